The Morgan fingerprint density at radius 3 is 2.64 bits per heavy atom. The Balaban J connectivity index is 1.83. The number of likely N-dealkylation sites (tertiary alicyclic amines) is 1. The molecule has 2 fully saturated rings. The fourth-order valence-corrected chi connectivity index (χ4v) is 3.47. The fraction of sp³-hybridized carbons (Fsp3) is 0.941. The maximum absolute atomic E-state index is 9.76. The summed E-state index contributed by atoms with van der Waals surface area (Å²) in [6.45, 7) is 12.7. The fourth-order valence-electron chi connectivity index (χ4n) is 3.47. The minimum atomic E-state index is -0.340. The van der Waals surface area contributed by atoms with E-state index in [0.717, 1.165) is 39.1 Å². The Kier molecular flexibility index (Phi) is 5.50. The number of likely N-dealkylation sites (N-methyl/N-ethyl adjacent to an activating group) is 1. The van der Waals surface area contributed by atoms with Crippen LogP contribution in [0.5, 0.6) is 0 Å². The van der Waals surface area contributed by atoms with E-state index in [1.165, 1.54) is 0 Å². The van der Waals surface area contributed by atoms with Crippen molar-refractivity contribution in [2.75, 3.05) is 39.9 Å². The van der Waals surface area contributed by atoms with Crippen LogP contribution in [-0.2, 0) is 9.47 Å². The van der Waals surface area contributed by atoms with Gasteiger partial charge in [-0.15, -0.1) is 0 Å². The smallest absolute Gasteiger partial charge is 0.114 e. The molecule has 2 heterocycles. The van der Waals surface area contributed by atoms with Gasteiger partial charge < -0.3 is 9.47 Å². The van der Waals surface area contributed by atoms with Crippen LogP contribution >= 0.6 is 0 Å². The van der Waals surface area contributed by atoms with E-state index in [2.05, 4.69) is 50.6 Å². The first kappa shape index (κ1) is 17.7. The van der Waals surface area contributed by atoms with Gasteiger partial charge in [-0.2, -0.15) is 5.26 Å². The van der Waals surface area contributed by atoms with E-state index in [4.69, 9.17) is 9.47 Å². The van der Waals surface area contributed by atoms with E-state index in [1.807, 2.05) is 0 Å². The molecule has 0 spiro atoms. The summed E-state index contributed by atoms with van der Waals surface area (Å²) >= 11 is 0. The number of ether oxygens (including phenoxy) is 2. The Hall–Kier alpha value is -0.670. The number of rotatable bonds is 6. The predicted octanol–water partition coefficient (Wildman–Crippen LogP) is 1.88. The van der Waals surface area contributed by atoms with Gasteiger partial charge in [0.1, 0.15) is 5.54 Å². The molecule has 1 atom stereocenters. The predicted molar refractivity (Wildman–Crippen MR) is 86.7 cm³/mol. The lowest BCUT2D eigenvalue weighted by atomic mass is 9.78. The van der Waals surface area contributed by atoms with E-state index >= 15 is 0 Å². The van der Waals surface area contributed by atoms with Crippen molar-refractivity contribution in [1.82, 2.24) is 9.80 Å². The third-order valence-corrected chi connectivity index (χ3v) is 4.92. The van der Waals surface area contributed by atoms with E-state index in [9.17, 15) is 5.26 Å². The minimum Gasteiger partial charge on any atom is -0.377 e. The number of hydrogen-bond donors (Lipinski definition) is 0. The number of nitriles is 1. The minimum absolute atomic E-state index is 0.198. The zero-order valence-corrected chi connectivity index (χ0v) is 14.8. The van der Waals surface area contributed by atoms with Gasteiger partial charge in [0.2, 0.25) is 0 Å². The molecular formula is C17H31N3O2. The zero-order valence-electron chi connectivity index (χ0n) is 14.8. The molecule has 0 saturated carbocycles. The molecule has 126 valence electrons. The van der Waals surface area contributed by atoms with Crippen molar-refractivity contribution in [3.8, 4) is 6.07 Å². The van der Waals surface area contributed by atoms with Crippen molar-refractivity contribution in [3.63, 3.8) is 0 Å². The van der Waals surface area contributed by atoms with Crippen LogP contribution in [0.2, 0.25) is 0 Å². The first-order valence-corrected chi connectivity index (χ1v) is 8.40. The van der Waals surface area contributed by atoms with Crippen molar-refractivity contribution >= 4 is 0 Å². The van der Waals surface area contributed by atoms with E-state index in [1.54, 1.807) is 0 Å². The molecule has 2 aliphatic heterocycles. The van der Waals surface area contributed by atoms with Crippen LogP contribution in [0.25, 0.3) is 0 Å². The molecule has 1 unspecified atom stereocenters. The van der Waals surface area contributed by atoms with Gasteiger partial charge in [-0.25, -0.2) is 0 Å². The maximum Gasteiger partial charge on any atom is 0.114 e. The highest BCUT2D eigenvalue weighted by atomic mass is 16.5. The van der Waals surface area contributed by atoms with Crippen LogP contribution in [-0.4, -0.2) is 73.0 Å². The van der Waals surface area contributed by atoms with Gasteiger partial charge in [0, 0.05) is 38.5 Å². The number of hydrogen-bond acceptors (Lipinski definition) is 5. The Morgan fingerprint density at radius 2 is 2.09 bits per heavy atom. The average molecular weight is 309 g/mol. The number of nitrogens with zero attached hydrogens (tertiary/aromatic N) is 3. The quantitative estimate of drug-likeness (QED) is 0.750. The van der Waals surface area contributed by atoms with E-state index in [0.29, 0.717) is 12.6 Å². The molecule has 0 radical (unpaired) electrons. The second-order valence-electron chi connectivity index (χ2n) is 7.64. The summed E-state index contributed by atoms with van der Waals surface area (Å²) in [4.78, 5) is 4.70. The highest BCUT2D eigenvalue weighted by molar-refractivity contribution is 5.16. The molecule has 0 aromatic heterocycles. The standard InChI is InChI=1S/C17H31N3O2/c1-14(2)21-9-7-19(5)15-10-20(11-15)17(13-18)6-8-22-16(3,4)12-17/h14-15H,6-12H2,1-5H3. The van der Waals surface area contributed by atoms with Gasteiger partial charge in [-0.3, -0.25) is 9.80 Å². The highest BCUT2D eigenvalue weighted by Gasteiger charge is 2.50. The molecule has 0 amide bonds. The van der Waals surface area contributed by atoms with Crippen molar-refractivity contribution < 1.29 is 9.47 Å². The van der Waals surface area contributed by atoms with Crippen molar-refractivity contribution in [1.29, 1.82) is 5.26 Å². The van der Waals surface area contributed by atoms with Gasteiger partial charge in [-0.05, 0) is 34.7 Å². The summed E-state index contributed by atoms with van der Waals surface area (Å²) in [7, 11) is 2.15. The van der Waals surface area contributed by atoms with E-state index < -0.39 is 0 Å². The first-order valence-electron chi connectivity index (χ1n) is 8.40. The average Bonchev–Trinajstić information content (AvgIpc) is 2.35. The molecule has 0 aliphatic carbocycles. The largest absolute Gasteiger partial charge is 0.377 e. The maximum atomic E-state index is 9.76. The second kappa shape index (κ2) is 6.84. The van der Waals surface area contributed by atoms with Crippen LogP contribution in [0.3, 0.4) is 0 Å². The summed E-state index contributed by atoms with van der Waals surface area (Å²) < 4.78 is 11.4. The molecule has 22 heavy (non-hydrogen) atoms. The molecule has 0 aromatic carbocycles. The Bertz CT molecular complexity index is 413. The summed E-state index contributed by atoms with van der Waals surface area (Å²) in [5.41, 5.74) is -0.538. The van der Waals surface area contributed by atoms with Crippen LogP contribution in [0, 0.1) is 11.3 Å². The van der Waals surface area contributed by atoms with Crippen LogP contribution in [0.4, 0.5) is 0 Å². The van der Waals surface area contributed by atoms with Crippen LogP contribution in [0.1, 0.15) is 40.5 Å². The topological polar surface area (TPSA) is 48.7 Å². The molecule has 0 N–H and O–H groups in total. The molecule has 2 saturated heterocycles. The zero-order chi connectivity index (χ0) is 16.4. The molecule has 5 nitrogen and oxygen atoms in total. The first-order chi connectivity index (χ1) is 10.3. The summed E-state index contributed by atoms with van der Waals surface area (Å²) in [5, 5.41) is 9.76. The van der Waals surface area contributed by atoms with Gasteiger partial charge in [0.25, 0.3) is 0 Å². The summed E-state index contributed by atoms with van der Waals surface area (Å²) in [6.07, 6.45) is 1.90. The normalized spacial score (nSPS) is 29.5. The summed E-state index contributed by atoms with van der Waals surface area (Å²) in [5.74, 6) is 0. The lowest BCUT2D eigenvalue weighted by Gasteiger charge is -2.54. The third-order valence-electron chi connectivity index (χ3n) is 4.92. The highest BCUT2D eigenvalue weighted by Crippen LogP contribution is 2.38. The molecule has 5 heteroatoms. The molecule has 0 aromatic rings. The van der Waals surface area contributed by atoms with Crippen LogP contribution in [0.15, 0.2) is 0 Å². The van der Waals surface area contributed by atoms with Crippen LogP contribution < -0.4 is 0 Å². The third kappa shape index (κ3) is 3.99. The monoisotopic (exact) mass is 309 g/mol. The van der Waals surface area contributed by atoms with Gasteiger partial charge in [0.05, 0.1) is 31.0 Å². The molecule has 2 aliphatic rings. The summed E-state index contributed by atoms with van der Waals surface area (Å²) in [6, 6.07) is 3.13. The van der Waals surface area contributed by atoms with E-state index in [-0.39, 0.29) is 17.2 Å². The van der Waals surface area contributed by atoms with Gasteiger partial charge in [0.15, 0.2) is 0 Å². The molecule has 2 rings (SSSR count). The SMILES string of the molecule is CC(C)OCCN(C)C1CN(C2(C#N)CCOC(C)(C)C2)C1. The molecule has 0 bridgehead atoms. The second-order valence-corrected chi connectivity index (χ2v) is 7.64. The lowest BCUT2D eigenvalue weighted by Crippen LogP contribution is -2.68. The van der Waals surface area contributed by atoms with Crippen molar-refractivity contribution in [2.45, 2.75) is 63.8 Å². The molecular weight excluding hydrogens is 278 g/mol. The van der Waals surface area contributed by atoms with Crippen molar-refractivity contribution in [3.05, 3.63) is 0 Å². The van der Waals surface area contributed by atoms with Gasteiger partial charge in [-0.1, -0.05) is 0 Å². The Morgan fingerprint density at radius 1 is 1.41 bits per heavy atom. The Labute approximate surface area is 135 Å². The van der Waals surface area contributed by atoms with Gasteiger partial charge >= 0.3 is 0 Å². The lowest BCUT2D eigenvalue weighted by molar-refractivity contribution is -0.128. The van der Waals surface area contributed by atoms with Crippen molar-refractivity contribution in [2.24, 2.45) is 0 Å².